The van der Waals surface area contributed by atoms with E-state index in [1.165, 1.54) is 16.4 Å². The Bertz CT molecular complexity index is 1160. The molecule has 1 aromatic heterocycles. The quantitative estimate of drug-likeness (QED) is 0.536. The first kappa shape index (κ1) is 22.8. The summed E-state index contributed by atoms with van der Waals surface area (Å²) in [7, 11) is -3.50. The smallest absolute Gasteiger partial charge is 0.262 e. The van der Waals surface area contributed by atoms with Crippen molar-refractivity contribution in [1.82, 2.24) is 9.29 Å². The molecular weight excluding hydrogens is 442 g/mol. The highest BCUT2D eigenvalue weighted by atomic mass is 32.2. The van der Waals surface area contributed by atoms with Crippen molar-refractivity contribution < 1.29 is 22.7 Å². The zero-order valence-corrected chi connectivity index (χ0v) is 18.8. The van der Waals surface area contributed by atoms with Gasteiger partial charge in [-0.2, -0.15) is 4.31 Å². The molecule has 2 aromatic carbocycles. The van der Waals surface area contributed by atoms with Crippen LogP contribution in [0.25, 0.3) is 0 Å². The molecule has 0 spiro atoms. The number of benzene rings is 2. The summed E-state index contributed by atoms with van der Waals surface area (Å²) >= 11 is 0. The Morgan fingerprint density at radius 3 is 2.27 bits per heavy atom. The highest BCUT2D eigenvalue weighted by Gasteiger charge is 2.25. The lowest BCUT2D eigenvalue weighted by Crippen LogP contribution is -2.35. The van der Waals surface area contributed by atoms with E-state index in [0.29, 0.717) is 36.2 Å². The lowest BCUT2D eigenvalue weighted by Gasteiger charge is -2.25. The summed E-state index contributed by atoms with van der Waals surface area (Å²) in [5.41, 5.74) is 0.500. The number of piperidine rings is 1. The molecule has 0 aliphatic carbocycles. The van der Waals surface area contributed by atoms with Crippen molar-refractivity contribution in [2.24, 2.45) is 0 Å². The zero-order chi connectivity index (χ0) is 23.1. The summed E-state index contributed by atoms with van der Waals surface area (Å²) in [4.78, 5) is 16.6. The fourth-order valence-electron chi connectivity index (χ4n) is 3.44. The first-order chi connectivity index (χ1) is 16.0. The molecule has 0 bridgehead atoms. The number of aromatic nitrogens is 1. The normalized spacial score (nSPS) is 14.4. The van der Waals surface area contributed by atoms with Crippen LogP contribution in [0, 0.1) is 0 Å². The van der Waals surface area contributed by atoms with Crippen molar-refractivity contribution >= 4 is 21.6 Å². The minimum Gasteiger partial charge on any atom is -0.484 e. The summed E-state index contributed by atoms with van der Waals surface area (Å²) < 4.78 is 38.1. The summed E-state index contributed by atoms with van der Waals surface area (Å²) in [5.74, 6) is 1.25. The second-order valence-corrected chi connectivity index (χ2v) is 9.51. The fourth-order valence-corrected chi connectivity index (χ4v) is 4.96. The summed E-state index contributed by atoms with van der Waals surface area (Å²) in [6.45, 7) is 0.914. The molecule has 4 rings (SSSR count). The van der Waals surface area contributed by atoms with E-state index in [-0.39, 0.29) is 17.4 Å². The summed E-state index contributed by atoms with van der Waals surface area (Å²) in [5, 5.41) is 2.71. The molecule has 1 saturated heterocycles. The van der Waals surface area contributed by atoms with Crippen molar-refractivity contribution in [1.29, 1.82) is 0 Å². The number of amides is 1. The first-order valence-electron chi connectivity index (χ1n) is 10.7. The number of rotatable bonds is 8. The topological polar surface area (TPSA) is 97.8 Å². The van der Waals surface area contributed by atoms with Crippen LogP contribution in [0.5, 0.6) is 17.4 Å². The maximum atomic E-state index is 12.7. The van der Waals surface area contributed by atoms with Gasteiger partial charge in [-0.1, -0.05) is 12.5 Å². The lowest BCUT2D eigenvalue weighted by atomic mass is 10.2. The Morgan fingerprint density at radius 1 is 0.909 bits per heavy atom. The molecule has 1 aliphatic rings. The van der Waals surface area contributed by atoms with Crippen molar-refractivity contribution in [3.05, 3.63) is 72.9 Å². The van der Waals surface area contributed by atoms with E-state index in [2.05, 4.69) is 10.3 Å². The Morgan fingerprint density at radius 2 is 1.61 bits per heavy atom. The molecule has 2 heterocycles. The second kappa shape index (κ2) is 10.5. The van der Waals surface area contributed by atoms with E-state index in [1.807, 2.05) is 6.07 Å². The lowest BCUT2D eigenvalue weighted by molar-refractivity contribution is -0.118. The first-order valence-corrected chi connectivity index (χ1v) is 12.2. The van der Waals surface area contributed by atoms with Crippen LogP contribution in [0.1, 0.15) is 19.3 Å². The largest absolute Gasteiger partial charge is 0.484 e. The molecule has 33 heavy (non-hydrogen) atoms. The van der Waals surface area contributed by atoms with E-state index in [4.69, 9.17) is 9.47 Å². The summed E-state index contributed by atoms with van der Waals surface area (Å²) in [6.07, 6.45) is 4.47. The molecule has 1 fully saturated rings. The van der Waals surface area contributed by atoms with Crippen LogP contribution in [-0.2, 0) is 14.8 Å². The number of anilines is 1. The van der Waals surface area contributed by atoms with Gasteiger partial charge in [-0.05, 0) is 67.4 Å². The number of hydrogen-bond acceptors (Lipinski definition) is 6. The van der Waals surface area contributed by atoms with Gasteiger partial charge < -0.3 is 14.8 Å². The van der Waals surface area contributed by atoms with Gasteiger partial charge in [-0.15, -0.1) is 0 Å². The van der Waals surface area contributed by atoms with Crippen LogP contribution >= 0.6 is 0 Å². The van der Waals surface area contributed by atoms with Crippen molar-refractivity contribution in [2.75, 3.05) is 25.0 Å². The van der Waals surface area contributed by atoms with Gasteiger partial charge >= 0.3 is 0 Å². The number of sulfonamides is 1. The molecule has 0 saturated carbocycles. The maximum Gasteiger partial charge on any atom is 0.262 e. The van der Waals surface area contributed by atoms with Crippen molar-refractivity contribution in [3.8, 4) is 17.4 Å². The second-order valence-electron chi connectivity index (χ2n) is 7.57. The van der Waals surface area contributed by atoms with Gasteiger partial charge in [0.25, 0.3) is 5.91 Å². The SMILES string of the molecule is O=C(COc1ccc(Oc2ccccn2)cc1)Nc1ccc(S(=O)(=O)N2CCCCC2)cc1. The van der Waals surface area contributed by atoms with Gasteiger partial charge in [0, 0.05) is 31.0 Å². The minimum atomic E-state index is -3.50. The number of hydrogen-bond donors (Lipinski definition) is 1. The molecule has 1 aliphatic heterocycles. The molecule has 3 aromatic rings. The average molecular weight is 468 g/mol. The number of carbonyl (C=O) groups is 1. The molecular formula is C24H25N3O5S. The third kappa shape index (κ3) is 6.09. The van der Waals surface area contributed by atoms with Crippen molar-refractivity contribution in [3.63, 3.8) is 0 Å². The van der Waals surface area contributed by atoms with Gasteiger partial charge in [0.05, 0.1) is 4.90 Å². The third-order valence-electron chi connectivity index (χ3n) is 5.14. The Balaban J connectivity index is 1.27. The van der Waals surface area contributed by atoms with Crippen LogP contribution in [0.15, 0.2) is 77.8 Å². The van der Waals surface area contributed by atoms with E-state index in [9.17, 15) is 13.2 Å². The number of nitrogens with one attached hydrogen (secondary N) is 1. The van der Waals surface area contributed by atoms with Crippen molar-refractivity contribution in [2.45, 2.75) is 24.2 Å². The molecule has 1 amide bonds. The van der Waals surface area contributed by atoms with E-state index >= 15 is 0 Å². The predicted molar refractivity (Wildman–Crippen MR) is 124 cm³/mol. The van der Waals surface area contributed by atoms with Gasteiger partial charge in [0.15, 0.2) is 6.61 Å². The van der Waals surface area contributed by atoms with Gasteiger partial charge in [-0.25, -0.2) is 13.4 Å². The van der Waals surface area contributed by atoms with E-state index in [1.54, 1.807) is 54.7 Å². The Kier molecular flexibility index (Phi) is 7.21. The Hall–Kier alpha value is -3.43. The number of pyridine rings is 1. The highest BCUT2D eigenvalue weighted by molar-refractivity contribution is 7.89. The standard InChI is InChI=1S/C24H25N3O5S/c28-23(18-31-20-9-11-21(12-10-20)32-24-6-2-3-15-25-24)26-19-7-13-22(14-8-19)33(29,30)27-16-4-1-5-17-27/h2-3,6-15H,1,4-5,16-18H2,(H,26,28). The van der Waals surface area contributed by atoms with E-state index < -0.39 is 10.0 Å². The van der Waals surface area contributed by atoms with E-state index in [0.717, 1.165) is 19.3 Å². The Labute approximate surface area is 193 Å². The molecule has 172 valence electrons. The van der Waals surface area contributed by atoms with Gasteiger partial charge in [0.2, 0.25) is 15.9 Å². The van der Waals surface area contributed by atoms with Crippen LogP contribution < -0.4 is 14.8 Å². The molecule has 8 nitrogen and oxygen atoms in total. The molecule has 9 heteroatoms. The van der Waals surface area contributed by atoms with Crippen LogP contribution in [0.4, 0.5) is 5.69 Å². The number of nitrogens with zero attached hydrogens (tertiary/aromatic N) is 2. The molecule has 1 N–H and O–H groups in total. The molecule has 0 radical (unpaired) electrons. The van der Waals surface area contributed by atoms with Crippen LogP contribution in [0.3, 0.4) is 0 Å². The monoisotopic (exact) mass is 467 g/mol. The third-order valence-corrected chi connectivity index (χ3v) is 7.06. The number of carbonyl (C=O) groups excluding carboxylic acids is 1. The van der Waals surface area contributed by atoms with Crippen LogP contribution in [-0.4, -0.2) is 43.3 Å². The molecule has 0 atom stereocenters. The maximum absolute atomic E-state index is 12.7. The number of ether oxygens (including phenoxy) is 2. The van der Waals surface area contributed by atoms with Crippen LogP contribution in [0.2, 0.25) is 0 Å². The summed E-state index contributed by atoms with van der Waals surface area (Å²) in [6, 6.07) is 18.4. The predicted octanol–water partition coefficient (Wildman–Crippen LogP) is 4.07. The van der Waals surface area contributed by atoms with Gasteiger partial charge in [0.1, 0.15) is 11.5 Å². The molecule has 0 unspecified atom stereocenters. The highest BCUT2D eigenvalue weighted by Crippen LogP contribution is 2.23. The van der Waals surface area contributed by atoms with Gasteiger partial charge in [-0.3, -0.25) is 4.79 Å². The zero-order valence-electron chi connectivity index (χ0n) is 18.0. The average Bonchev–Trinajstić information content (AvgIpc) is 2.85. The minimum absolute atomic E-state index is 0.186. The fraction of sp³-hybridized carbons (Fsp3) is 0.250.